The molecule has 0 saturated carbocycles. The van der Waals surface area contributed by atoms with Crippen LogP contribution in [0.1, 0.15) is 24.0 Å². The van der Waals surface area contributed by atoms with Crippen molar-refractivity contribution in [2.45, 2.75) is 19.3 Å². The van der Waals surface area contributed by atoms with E-state index in [9.17, 15) is 4.79 Å². The van der Waals surface area contributed by atoms with Gasteiger partial charge in [0, 0.05) is 12.1 Å². The van der Waals surface area contributed by atoms with Gasteiger partial charge in [-0.15, -0.1) is 0 Å². The molecule has 0 saturated heterocycles. The predicted octanol–water partition coefficient (Wildman–Crippen LogP) is 3.22. The Morgan fingerprint density at radius 2 is 2.26 bits per heavy atom. The van der Waals surface area contributed by atoms with Gasteiger partial charge in [-0.3, -0.25) is 4.79 Å². The quantitative estimate of drug-likeness (QED) is 0.673. The predicted molar refractivity (Wildman–Crippen MR) is 78.3 cm³/mol. The minimum absolute atomic E-state index is 0.208. The molecular formula is C15H17NO2S. The molecule has 0 aliphatic carbocycles. The molecule has 1 heterocycles. The summed E-state index contributed by atoms with van der Waals surface area (Å²) < 4.78 is 5.30. The van der Waals surface area contributed by atoms with E-state index in [4.69, 9.17) is 10.5 Å². The highest BCUT2D eigenvalue weighted by Crippen LogP contribution is 2.19. The number of hydrogen-bond acceptors (Lipinski definition) is 4. The van der Waals surface area contributed by atoms with Crippen LogP contribution in [0.5, 0.6) is 0 Å². The molecule has 0 amide bonds. The maximum atomic E-state index is 11.9. The molecule has 1 atom stereocenters. The third-order valence-electron chi connectivity index (χ3n) is 2.98. The van der Waals surface area contributed by atoms with Crippen molar-refractivity contribution in [1.29, 1.82) is 0 Å². The second kappa shape index (κ2) is 6.38. The molecule has 19 heavy (non-hydrogen) atoms. The SMILES string of the molecule is CC(C(=O)OCCc1ccsc1)c1cccc(N)c1. The van der Waals surface area contributed by atoms with Crippen LogP contribution in [0, 0.1) is 0 Å². The molecular weight excluding hydrogens is 258 g/mol. The molecule has 4 heteroatoms. The Kier molecular flexibility index (Phi) is 4.58. The second-order valence-electron chi connectivity index (χ2n) is 4.44. The Hall–Kier alpha value is -1.81. The maximum Gasteiger partial charge on any atom is 0.313 e. The van der Waals surface area contributed by atoms with Gasteiger partial charge in [0.15, 0.2) is 0 Å². The number of esters is 1. The Morgan fingerprint density at radius 3 is 2.95 bits per heavy atom. The first kappa shape index (κ1) is 13.6. The number of thiophene rings is 1. The standard InChI is InChI=1S/C15H17NO2S/c1-11(13-3-2-4-14(16)9-13)15(17)18-7-5-12-6-8-19-10-12/h2-4,6,8-11H,5,7,16H2,1H3. The number of ether oxygens (including phenoxy) is 1. The number of nitrogens with two attached hydrogens (primary N) is 1. The normalized spacial score (nSPS) is 12.1. The van der Waals surface area contributed by atoms with Gasteiger partial charge in [-0.25, -0.2) is 0 Å². The summed E-state index contributed by atoms with van der Waals surface area (Å²) in [6, 6.07) is 9.39. The van der Waals surface area contributed by atoms with Crippen molar-refractivity contribution in [3.8, 4) is 0 Å². The molecule has 0 spiro atoms. The van der Waals surface area contributed by atoms with Crippen LogP contribution in [0.2, 0.25) is 0 Å². The van der Waals surface area contributed by atoms with Crippen molar-refractivity contribution in [2.75, 3.05) is 12.3 Å². The minimum atomic E-state index is -0.286. The van der Waals surface area contributed by atoms with Gasteiger partial charge in [0.2, 0.25) is 0 Å². The molecule has 0 aliphatic rings. The minimum Gasteiger partial charge on any atom is -0.465 e. The van der Waals surface area contributed by atoms with Crippen molar-refractivity contribution < 1.29 is 9.53 Å². The summed E-state index contributed by atoms with van der Waals surface area (Å²) in [7, 11) is 0. The van der Waals surface area contributed by atoms with E-state index < -0.39 is 0 Å². The van der Waals surface area contributed by atoms with E-state index >= 15 is 0 Å². The Balaban J connectivity index is 1.85. The van der Waals surface area contributed by atoms with Crippen LogP contribution < -0.4 is 5.73 Å². The van der Waals surface area contributed by atoms with Gasteiger partial charge in [0.25, 0.3) is 0 Å². The molecule has 0 fully saturated rings. The molecule has 1 aromatic heterocycles. The molecule has 3 nitrogen and oxygen atoms in total. The van der Waals surface area contributed by atoms with Crippen molar-refractivity contribution in [3.63, 3.8) is 0 Å². The highest BCUT2D eigenvalue weighted by molar-refractivity contribution is 7.07. The van der Waals surface area contributed by atoms with Gasteiger partial charge >= 0.3 is 5.97 Å². The van der Waals surface area contributed by atoms with Crippen LogP contribution in [0.4, 0.5) is 5.69 Å². The highest BCUT2D eigenvalue weighted by atomic mass is 32.1. The summed E-state index contributed by atoms with van der Waals surface area (Å²) in [4.78, 5) is 11.9. The van der Waals surface area contributed by atoms with Gasteiger partial charge in [-0.2, -0.15) is 11.3 Å². The molecule has 2 rings (SSSR count). The fourth-order valence-electron chi connectivity index (χ4n) is 1.79. The number of rotatable bonds is 5. The zero-order chi connectivity index (χ0) is 13.7. The van der Waals surface area contributed by atoms with Gasteiger partial charge < -0.3 is 10.5 Å². The molecule has 1 aromatic carbocycles. The lowest BCUT2D eigenvalue weighted by Crippen LogP contribution is -2.15. The highest BCUT2D eigenvalue weighted by Gasteiger charge is 2.16. The lowest BCUT2D eigenvalue weighted by molar-refractivity contribution is -0.144. The Bertz CT molecular complexity index is 537. The van der Waals surface area contributed by atoms with E-state index in [-0.39, 0.29) is 11.9 Å². The van der Waals surface area contributed by atoms with Crippen LogP contribution in [0.25, 0.3) is 0 Å². The van der Waals surface area contributed by atoms with E-state index in [0.29, 0.717) is 12.3 Å². The number of hydrogen-bond donors (Lipinski definition) is 1. The van der Waals surface area contributed by atoms with E-state index in [2.05, 4.69) is 5.38 Å². The molecule has 2 N–H and O–H groups in total. The van der Waals surface area contributed by atoms with Crippen LogP contribution in [-0.4, -0.2) is 12.6 Å². The average molecular weight is 275 g/mol. The maximum absolute atomic E-state index is 11.9. The molecule has 0 aliphatic heterocycles. The van der Waals surface area contributed by atoms with E-state index in [1.54, 1.807) is 17.4 Å². The van der Waals surface area contributed by atoms with Gasteiger partial charge in [0.1, 0.15) is 0 Å². The van der Waals surface area contributed by atoms with Crippen LogP contribution in [0.15, 0.2) is 41.1 Å². The summed E-state index contributed by atoms with van der Waals surface area (Å²) in [5.74, 6) is -0.494. The van der Waals surface area contributed by atoms with E-state index in [1.165, 1.54) is 5.56 Å². The summed E-state index contributed by atoms with van der Waals surface area (Å²) in [5.41, 5.74) is 8.46. The average Bonchev–Trinajstić information content (AvgIpc) is 2.91. The molecule has 1 unspecified atom stereocenters. The largest absolute Gasteiger partial charge is 0.465 e. The fourth-order valence-corrected chi connectivity index (χ4v) is 2.50. The number of nitrogen functional groups attached to an aromatic ring is 1. The second-order valence-corrected chi connectivity index (χ2v) is 5.22. The first-order valence-electron chi connectivity index (χ1n) is 6.20. The van der Waals surface area contributed by atoms with E-state index in [1.807, 2.05) is 36.6 Å². The lowest BCUT2D eigenvalue weighted by atomic mass is 10.0. The van der Waals surface area contributed by atoms with Gasteiger partial charge in [-0.1, -0.05) is 12.1 Å². The fraction of sp³-hybridized carbons (Fsp3) is 0.267. The number of carbonyl (C=O) groups excluding carboxylic acids is 1. The molecule has 100 valence electrons. The molecule has 2 aromatic rings. The Labute approximate surface area is 117 Å². The number of benzene rings is 1. The number of anilines is 1. The first-order chi connectivity index (χ1) is 9.16. The van der Waals surface area contributed by atoms with Crippen molar-refractivity contribution >= 4 is 23.0 Å². The first-order valence-corrected chi connectivity index (χ1v) is 7.14. The summed E-state index contributed by atoms with van der Waals surface area (Å²) in [6.45, 7) is 2.25. The summed E-state index contributed by atoms with van der Waals surface area (Å²) in [6.07, 6.45) is 0.763. The topological polar surface area (TPSA) is 52.3 Å². The third-order valence-corrected chi connectivity index (χ3v) is 3.71. The number of carbonyl (C=O) groups is 1. The third kappa shape index (κ3) is 3.83. The van der Waals surface area contributed by atoms with Crippen LogP contribution in [0.3, 0.4) is 0 Å². The lowest BCUT2D eigenvalue weighted by Gasteiger charge is -2.12. The zero-order valence-corrected chi connectivity index (χ0v) is 11.7. The molecule has 0 radical (unpaired) electrons. The summed E-state index contributed by atoms with van der Waals surface area (Å²) in [5, 5.41) is 4.09. The monoisotopic (exact) mass is 275 g/mol. The van der Waals surface area contributed by atoms with Gasteiger partial charge in [-0.05, 0) is 47.0 Å². The van der Waals surface area contributed by atoms with Crippen molar-refractivity contribution in [2.24, 2.45) is 0 Å². The van der Waals surface area contributed by atoms with Crippen LogP contribution in [-0.2, 0) is 16.0 Å². The molecule has 0 bridgehead atoms. The van der Waals surface area contributed by atoms with E-state index in [0.717, 1.165) is 12.0 Å². The Morgan fingerprint density at radius 1 is 1.42 bits per heavy atom. The van der Waals surface area contributed by atoms with Crippen molar-refractivity contribution in [3.05, 3.63) is 52.2 Å². The van der Waals surface area contributed by atoms with Crippen molar-refractivity contribution in [1.82, 2.24) is 0 Å². The summed E-state index contributed by atoms with van der Waals surface area (Å²) >= 11 is 1.65. The zero-order valence-electron chi connectivity index (χ0n) is 10.8. The smallest absolute Gasteiger partial charge is 0.313 e. The van der Waals surface area contributed by atoms with Crippen LogP contribution >= 0.6 is 11.3 Å². The van der Waals surface area contributed by atoms with Gasteiger partial charge in [0.05, 0.1) is 12.5 Å².